The van der Waals surface area contributed by atoms with Crippen LogP contribution in [0.2, 0.25) is 0 Å². The molecule has 4 saturated carbocycles. The number of fused-ring (bicyclic) bond motifs is 2. The number of allylic oxidation sites excluding steroid dienone is 4. The molecule has 0 atom stereocenters. The van der Waals surface area contributed by atoms with Gasteiger partial charge in [-0.2, -0.15) is 0 Å². The summed E-state index contributed by atoms with van der Waals surface area (Å²) in [5.41, 5.74) is 4.73. The normalized spacial score (nSPS) is 27.8. The molecule has 0 aromatic carbocycles. The van der Waals surface area contributed by atoms with Crippen molar-refractivity contribution in [2.45, 2.75) is 157 Å². The van der Waals surface area contributed by atoms with Crippen molar-refractivity contribution in [2.75, 3.05) is 12.3 Å². The largest absolute Gasteiger partial charge is 0.222 e. The van der Waals surface area contributed by atoms with E-state index in [0.29, 0.717) is 15.8 Å². The van der Waals surface area contributed by atoms with E-state index in [1.165, 1.54) is 29.1 Å². The predicted molar refractivity (Wildman–Crippen MR) is 161 cm³/mol. The van der Waals surface area contributed by atoms with Gasteiger partial charge in [0.2, 0.25) is 0 Å². The van der Waals surface area contributed by atoms with Crippen molar-refractivity contribution in [3.8, 4) is 0 Å². The maximum Gasteiger partial charge on any atom is 0 e. The fourth-order valence-electron chi connectivity index (χ4n) is 8.54. The Hall–Kier alpha value is 1.09. The monoisotopic (exact) mass is 716 g/mol. The number of hydrogen-bond acceptors (Lipinski definition) is 4. The molecule has 0 saturated heterocycles. The molecule has 41 heavy (non-hydrogen) atoms. The van der Waals surface area contributed by atoms with E-state index in [1.54, 1.807) is 141 Å². The summed E-state index contributed by atoms with van der Waals surface area (Å²) in [6.07, 6.45) is 45.6. The fourth-order valence-corrected chi connectivity index (χ4v) is 17.2. The first-order valence-corrected chi connectivity index (χ1v) is 21.4. The van der Waals surface area contributed by atoms with Crippen molar-refractivity contribution in [2.24, 2.45) is 11.8 Å². The average Bonchev–Trinajstić information content (AvgIpc) is 3.64. The van der Waals surface area contributed by atoms with Crippen molar-refractivity contribution >= 4 is 15.8 Å². The maximum atomic E-state index is 8.49. The van der Waals surface area contributed by atoms with Gasteiger partial charge in [-0.25, -0.2) is 18.6 Å². The molecule has 0 aromatic heterocycles. The molecule has 239 valence electrons. The van der Waals surface area contributed by atoms with Crippen LogP contribution in [0.25, 0.3) is 0 Å². The minimum Gasteiger partial charge on any atom is -0.222 e. The van der Waals surface area contributed by atoms with Crippen LogP contribution in [-0.2, 0) is 19.5 Å². The van der Waals surface area contributed by atoms with E-state index in [4.69, 9.17) is 18.6 Å². The molecule has 1 radical (unpaired) electrons. The molecule has 6 aliphatic carbocycles. The summed E-state index contributed by atoms with van der Waals surface area (Å²) in [6, 6.07) is 0. The van der Waals surface area contributed by atoms with Crippen molar-refractivity contribution in [1.82, 2.24) is 0 Å². The minimum absolute atomic E-state index is 0. The molecule has 2 bridgehead atoms. The minimum atomic E-state index is -4.94. The van der Waals surface area contributed by atoms with Gasteiger partial charge in [-0.3, -0.25) is 0 Å². The van der Waals surface area contributed by atoms with Crippen molar-refractivity contribution in [1.29, 1.82) is 0 Å². The Morgan fingerprint density at radius 1 is 0.439 bits per heavy atom. The van der Waals surface area contributed by atoms with E-state index in [-0.39, 0.29) is 19.5 Å². The zero-order chi connectivity index (χ0) is 28.2. The second-order valence-electron chi connectivity index (χ2n) is 13.4. The van der Waals surface area contributed by atoms with E-state index in [0.717, 1.165) is 11.8 Å². The van der Waals surface area contributed by atoms with Gasteiger partial charge in [0, 0.05) is 19.5 Å². The van der Waals surface area contributed by atoms with Gasteiger partial charge in [-0.1, -0.05) is 117 Å². The van der Waals surface area contributed by atoms with E-state index in [9.17, 15) is 0 Å². The molecule has 0 N–H and O–H groups in total. The van der Waals surface area contributed by atoms with Crippen molar-refractivity contribution in [3.63, 3.8) is 0 Å². The van der Waals surface area contributed by atoms with Gasteiger partial charge in [0.25, 0.3) is 0 Å². The molecule has 0 spiro atoms. The smallest absolute Gasteiger partial charge is 0 e. The van der Waals surface area contributed by atoms with Crippen LogP contribution in [0.1, 0.15) is 135 Å². The zero-order valence-corrected chi connectivity index (χ0v) is 29.5. The van der Waals surface area contributed by atoms with Crippen LogP contribution >= 0.6 is 15.8 Å². The average molecular weight is 717 g/mol. The first-order chi connectivity index (χ1) is 19.4. The Bertz CT molecular complexity index is 645. The molecule has 0 aliphatic heterocycles. The van der Waals surface area contributed by atoms with E-state index in [1.807, 2.05) is 0 Å². The van der Waals surface area contributed by atoms with Crippen LogP contribution in [0.4, 0.5) is 0 Å². The van der Waals surface area contributed by atoms with Gasteiger partial charge in [0.15, 0.2) is 0 Å². The summed E-state index contributed by atoms with van der Waals surface area (Å²) < 4.78 is 34.0. The third kappa shape index (κ3) is 13.5. The SMILES string of the molecule is C1=CC2C=CC1C2.C1CCC(P(CCP(C2CCCCC2)C2CCCCC2)C2CCCCC2)CC1.[O-][Cl+3]([O-])([O-])[O-].[Rh]. The maximum absolute atomic E-state index is 8.49. The molecule has 4 fully saturated rings. The van der Waals surface area contributed by atoms with Crippen LogP contribution in [0.5, 0.6) is 0 Å². The molecule has 0 aromatic rings. The summed E-state index contributed by atoms with van der Waals surface area (Å²) in [6.45, 7) is 0. The second kappa shape index (κ2) is 19.6. The molecule has 6 rings (SSSR count). The Kier molecular flexibility index (Phi) is 17.5. The fraction of sp³-hybridized carbons (Fsp3) is 0.879. The third-order valence-electron chi connectivity index (χ3n) is 10.5. The molecular formula is C33H56ClO4P2Rh-. The Labute approximate surface area is 269 Å². The van der Waals surface area contributed by atoms with Gasteiger partial charge in [-0.15, -0.1) is 10.2 Å². The summed E-state index contributed by atoms with van der Waals surface area (Å²) in [5, 5.41) is 0. The Morgan fingerprint density at radius 2 is 0.659 bits per heavy atom. The van der Waals surface area contributed by atoms with Crippen LogP contribution < -0.4 is 18.6 Å². The molecule has 4 nitrogen and oxygen atoms in total. The van der Waals surface area contributed by atoms with Crippen molar-refractivity contribution in [3.05, 3.63) is 24.3 Å². The zero-order valence-electron chi connectivity index (χ0n) is 25.3. The Morgan fingerprint density at radius 3 is 0.829 bits per heavy atom. The van der Waals surface area contributed by atoms with Crippen LogP contribution in [0.15, 0.2) is 24.3 Å². The molecule has 0 amide bonds. The van der Waals surface area contributed by atoms with Gasteiger partial charge in [0.05, 0.1) is 0 Å². The van der Waals surface area contributed by atoms with Crippen molar-refractivity contribution < 1.29 is 48.4 Å². The van der Waals surface area contributed by atoms with Gasteiger partial charge in [0.1, 0.15) is 0 Å². The van der Waals surface area contributed by atoms with E-state index < -0.39 is 10.2 Å². The number of rotatable bonds is 7. The molecule has 0 unspecified atom stereocenters. The molecule has 0 heterocycles. The van der Waals surface area contributed by atoms with Crippen LogP contribution in [0.3, 0.4) is 0 Å². The van der Waals surface area contributed by atoms with E-state index >= 15 is 0 Å². The summed E-state index contributed by atoms with van der Waals surface area (Å²) in [5.74, 6) is 1.62. The Balaban J connectivity index is 0.000000294. The molecular weight excluding hydrogens is 661 g/mol. The first-order valence-electron chi connectivity index (χ1n) is 16.9. The summed E-state index contributed by atoms with van der Waals surface area (Å²) in [7, 11) is -4.26. The topological polar surface area (TPSA) is 92.2 Å². The van der Waals surface area contributed by atoms with E-state index in [2.05, 4.69) is 24.3 Å². The standard InChI is InChI=1S/C26H48P2.C7H8.ClHO4.Rh/c1-5-13-23(14-6-1)27(24-15-7-2-8-16-24)21-22-28(25-17-9-3-10-18-25)26-19-11-4-12-20-26;1-2-7-4-3-6(1)5-7;2-1(3,4)5;/h23-26H,1-22H2;1-4,6-7H,5H2;(H,2,3,4,5);/p-1. The first kappa shape index (κ1) is 36.6. The van der Waals surface area contributed by atoms with Crippen LogP contribution in [0, 0.1) is 22.1 Å². The second-order valence-corrected chi connectivity index (χ2v) is 20.0. The quantitative estimate of drug-likeness (QED) is 0.177. The molecule has 8 heteroatoms. The number of halogens is 1. The summed E-state index contributed by atoms with van der Waals surface area (Å²) in [4.78, 5) is 0. The number of hydrogen-bond donors (Lipinski definition) is 0. The molecule has 6 aliphatic rings. The summed E-state index contributed by atoms with van der Waals surface area (Å²) >= 11 is 0. The predicted octanol–water partition coefficient (Wildman–Crippen LogP) is 6.27. The third-order valence-corrected chi connectivity index (χ3v) is 18.2. The van der Waals surface area contributed by atoms with Gasteiger partial charge in [-0.05, 0) is 105 Å². The van der Waals surface area contributed by atoms with Gasteiger partial charge < -0.3 is 0 Å². The van der Waals surface area contributed by atoms with Crippen LogP contribution in [-0.4, -0.2) is 35.0 Å². The van der Waals surface area contributed by atoms with Gasteiger partial charge >= 0.3 is 0 Å².